The maximum Gasteiger partial charge on any atom is 0.208 e. The zero-order chi connectivity index (χ0) is 12.9. The van der Waals surface area contributed by atoms with Crippen molar-refractivity contribution in [3.63, 3.8) is 0 Å². The molecule has 8 nitrogen and oxygen atoms in total. The highest BCUT2D eigenvalue weighted by Crippen LogP contribution is 2.04. The molecule has 0 fully saturated rings. The van der Waals surface area contributed by atoms with Crippen molar-refractivity contribution in [3.8, 4) is 0 Å². The van der Waals surface area contributed by atoms with Gasteiger partial charge in [-0.25, -0.2) is 13.1 Å². The number of sulfonamides is 1. The van der Waals surface area contributed by atoms with Gasteiger partial charge < -0.3 is 25.5 Å². The van der Waals surface area contributed by atoms with E-state index in [1.165, 1.54) is 0 Å². The van der Waals surface area contributed by atoms with Crippen molar-refractivity contribution in [3.05, 3.63) is 0 Å². The van der Waals surface area contributed by atoms with Gasteiger partial charge in [-0.1, -0.05) is 0 Å². The zero-order valence-corrected chi connectivity index (χ0v) is 9.50. The smallest absolute Gasteiger partial charge is 0.208 e. The molecule has 0 saturated carbocycles. The van der Waals surface area contributed by atoms with E-state index in [0.29, 0.717) is 0 Å². The predicted octanol–water partition coefficient (Wildman–Crippen LogP) is -4.03. The second-order valence-corrected chi connectivity index (χ2v) is 5.25. The van der Waals surface area contributed by atoms with Crippen molar-refractivity contribution in [1.82, 2.24) is 4.72 Å². The van der Waals surface area contributed by atoms with Gasteiger partial charge in [0.1, 0.15) is 18.3 Å². The van der Waals surface area contributed by atoms with Gasteiger partial charge in [-0.05, 0) is 0 Å². The molecule has 0 aromatic carbocycles. The fraction of sp³-hybridized carbons (Fsp3) is 1.00. The number of aliphatic hydroxyl groups is 5. The number of aliphatic hydroxyl groups excluding tert-OH is 5. The number of hydrogen-bond acceptors (Lipinski definition) is 7. The molecule has 0 aromatic heterocycles. The van der Waals surface area contributed by atoms with Gasteiger partial charge in [-0.15, -0.1) is 0 Å². The Morgan fingerprint density at radius 1 is 1.06 bits per heavy atom. The van der Waals surface area contributed by atoms with E-state index in [1.54, 1.807) is 0 Å². The highest BCUT2D eigenvalue weighted by atomic mass is 32.2. The molecule has 0 spiro atoms. The molecule has 4 atom stereocenters. The van der Waals surface area contributed by atoms with Crippen LogP contribution in [0.15, 0.2) is 0 Å². The average molecular weight is 259 g/mol. The van der Waals surface area contributed by atoms with Crippen LogP contribution in [0.3, 0.4) is 0 Å². The van der Waals surface area contributed by atoms with Crippen LogP contribution in [0, 0.1) is 0 Å². The molecule has 0 amide bonds. The maximum atomic E-state index is 10.7. The van der Waals surface area contributed by atoms with Crippen LogP contribution in [0.4, 0.5) is 0 Å². The lowest BCUT2D eigenvalue weighted by Crippen LogP contribution is -2.49. The summed E-state index contributed by atoms with van der Waals surface area (Å²) >= 11 is 0. The molecule has 0 aliphatic carbocycles. The molecule has 0 rings (SSSR count). The fourth-order valence-electron chi connectivity index (χ4n) is 0.921. The van der Waals surface area contributed by atoms with Gasteiger partial charge in [-0.2, -0.15) is 0 Å². The summed E-state index contributed by atoms with van der Waals surface area (Å²) in [6, 6.07) is 0. The molecular weight excluding hydrogens is 242 g/mol. The van der Waals surface area contributed by atoms with Gasteiger partial charge in [0.05, 0.1) is 19.0 Å². The van der Waals surface area contributed by atoms with Crippen molar-refractivity contribution in [2.45, 2.75) is 24.4 Å². The second kappa shape index (κ2) is 6.45. The standard InChI is InChI=1S/C7H17NO7S/c1-16(14,15)8-2-4(10)6(12)7(13)5(11)3-9/h4-13H,2-3H2,1H3. The molecule has 0 bridgehead atoms. The first-order valence-electron chi connectivity index (χ1n) is 4.46. The van der Waals surface area contributed by atoms with Crippen molar-refractivity contribution in [1.29, 1.82) is 0 Å². The van der Waals surface area contributed by atoms with Crippen LogP contribution < -0.4 is 4.72 Å². The zero-order valence-electron chi connectivity index (χ0n) is 8.68. The Bertz CT molecular complexity index is 293. The van der Waals surface area contributed by atoms with Crippen molar-refractivity contribution >= 4 is 10.0 Å². The summed E-state index contributed by atoms with van der Waals surface area (Å²) in [7, 11) is -3.52. The number of hydrogen-bond donors (Lipinski definition) is 6. The van der Waals surface area contributed by atoms with Crippen molar-refractivity contribution in [2.75, 3.05) is 19.4 Å². The lowest BCUT2D eigenvalue weighted by atomic mass is 10.0. The van der Waals surface area contributed by atoms with E-state index in [4.69, 9.17) is 10.2 Å². The summed E-state index contributed by atoms with van der Waals surface area (Å²) in [5, 5.41) is 45.2. The predicted molar refractivity (Wildman–Crippen MR) is 54.0 cm³/mol. The number of rotatable bonds is 7. The molecule has 9 heteroatoms. The Kier molecular flexibility index (Phi) is 6.33. The summed E-state index contributed by atoms with van der Waals surface area (Å²) in [6.45, 7) is -1.29. The van der Waals surface area contributed by atoms with E-state index in [0.717, 1.165) is 6.26 Å². The molecule has 4 unspecified atom stereocenters. The Labute approximate surface area is 93.2 Å². The number of nitrogens with one attached hydrogen (secondary N) is 1. The van der Waals surface area contributed by atoms with Gasteiger partial charge in [0.25, 0.3) is 0 Å². The van der Waals surface area contributed by atoms with Gasteiger partial charge in [-0.3, -0.25) is 0 Å². The summed E-state index contributed by atoms with van der Waals surface area (Å²) in [4.78, 5) is 0. The first-order chi connectivity index (χ1) is 7.19. The third-order valence-electron chi connectivity index (χ3n) is 1.88. The first kappa shape index (κ1) is 15.7. The molecule has 98 valence electrons. The Morgan fingerprint density at radius 3 is 1.88 bits per heavy atom. The SMILES string of the molecule is CS(=O)(=O)NCC(O)C(O)C(O)C(O)CO. The molecule has 0 aliphatic heterocycles. The molecule has 0 saturated heterocycles. The second-order valence-electron chi connectivity index (χ2n) is 3.42. The fourth-order valence-corrected chi connectivity index (χ4v) is 1.39. The normalized spacial score (nSPS) is 20.1. The molecular formula is C7H17NO7S. The van der Waals surface area contributed by atoms with Crippen LogP contribution in [-0.2, 0) is 10.0 Å². The van der Waals surface area contributed by atoms with Crippen LogP contribution in [-0.4, -0.2) is 77.8 Å². The minimum Gasteiger partial charge on any atom is -0.394 e. The average Bonchev–Trinajstić information content (AvgIpc) is 2.21. The minimum atomic E-state index is -3.52. The van der Waals surface area contributed by atoms with Crippen molar-refractivity contribution < 1.29 is 34.0 Å². The molecule has 0 aliphatic rings. The molecule has 6 N–H and O–H groups in total. The monoisotopic (exact) mass is 259 g/mol. The lowest BCUT2D eigenvalue weighted by Gasteiger charge is -2.25. The van der Waals surface area contributed by atoms with E-state index in [9.17, 15) is 23.7 Å². The molecule has 0 heterocycles. The van der Waals surface area contributed by atoms with Gasteiger partial charge >= 0.3 is 0 Å². The van der Waals surface area contributed by atoms with Crippen LogP contribution in [0.1, 0.15) is 0 Å². The topological polar surface area (TPSA) is 147 Å². The summed E-state index contributed by atoms with van der Waals surface area (Å²) in [5.74, 6) is 0. The molecule has 0 aromatic rings. The summed E-state index contributed by atoms with van der Waals surface area (Å²) in [5.41, 5.74) is 0. The highest BCUT2D eigenvalue weighted by molar-refractivity contribution is 7.88. The lowest BCUT2D eigenvalue weighted by molar-refractivity contribution is -0.113. The van der Waals surface area contributed by atoms with Gasteiger partial charge in [0.15, 0.2) is 0 Å². The quantitative estimate of drug-likeness (QED) is 0.273. The third-order valence-corrected chi connectivity index (χ3v) is 2.57. The first-order valence-corrected chi connectivity index (χ1v) is 6.36. The van der Waals surface area contributed by atoms with E-state index in [2.05, 4.69) is 0 Å². The molecule has 0 radical (unpaired) electrons. The van der Waals surface area contributed by atoms with Crippen LogP contribution >= 0.6 is 0 Å². The third kappa shape index (κ3) is 5.70. The van der Waals surface area contributed by atoms with E-state index in [-0.39, 0.29) is 0 Å². The van der Waals surface area contributed by atoms with Crippen LogP contribution in [0.2, 0.25) is 0 Å². The largest absolute Gasteiger partial charge is 0.394 e. The van der Waals surface area contributed by atoms with Gasteiger partial charge in [0, 0.05) is 6.54 Å². The summed E-state index contributed by atoms with van der Waals surface area (Å²) in [6.07, 6.45) is -5.86. The minimum absolute atomic E-state index is 0.505. The Hall–Kier alpha value is -0.290. The summed E-state index contributed by atoms with van der Waals surface area (Å²) < 4.78 is 23.2. The maximum absolute atomic E-state index is 10.7. The van der Waals surface area contributed by atoms with Crippen molar-refractivity contribution in [2.24, 2.45) is 0 Å². The highest BCUT2D eigenvalue weighted by Gasteiger charge is 2.30. The van der Waals surface area contributed by atoms with Crippen LogP contribution in [0.25, 0.3) is 0 Å². The van der Waals surface area contributed by atoms with Gasteiger partial charge in [0.2, 0.25) is 10.0 Å². The van der Waals surface area contributed by atoms with E-state index in [1.807, 2.05) is 4.72 Å². The Morgan fingerprint density at radius 2 is 1.50 bits per heavy atom. The van der Waals surface area contributed by atoms with Crippen LogP contribution in [0.5, 0.6) is 0 Å². The molecule has 16 heavy (non-hydrogen) atoms. The van der Waals surface area contributed by atoms with E-state index < -0.39 is 47.6 Å². The Balaban J connectivity index is 4.22. The van der Waals surface area contributed by atoms with E-state index >= 15 is 0 Å².